The fourth-order valence-corrected chi connectivity index (χ4v) is 2.62. The molecular weight excluding hydrogens is 258 g/mol. The number of hydrogen-bond acceptors (Lipinski definition) is 3. The van der Waals surface area contributed by atoms with Crippen molar-refractivity contribution in [3.63, 3.8) is 0 Å². The summed E-state index contributed by atoms with van der Waals surface area (Å²) in [5.74, 6) is -1.68. The van der Waals surface area contributed by atoms with Crippen molar-refractivity contribution in [1.82, 2.24) is 9.78 Å². The van der Waals surface area contributed by atoms with Crippen LogP contribution in [0.25, 0.3) is 10.9 Å². The lowest BCUT2D eigenvalue weighted by Crippen LogP contribution is -2.41. The predicted octanol–water partition coefficient (Wildman–Crippen LogP) is 1.62. The van der Waals surface area contributed by atoms with Crippen LogP contribution in [0.5, 0.6) is 0 Å². The number of carboxylic acid groups (broad SMARTS) is 1. The number of anilines is 1. The zero-order valence-corrected chi connectivity index (χ0v) is 11.0. The molecule has 104 valence electrons. The summed E-state index contributed by atoms with van der Waals surface area (Å²) in [6.45, 7) is 0. The number of carboxylic acids is 1. The number of carbonyl (C=O) groups excluding carboxylic acids is 1. The molecule has 2 atom stereocenters. The Morgan fingerprint density at radius 2 is 2.00 bits per heavy atom. The largest absolute Gasteiger partial charge is 0.481 e. The predicted molar refractivity (Wildman–Crippen MR) is 73.2 cm³/mol. The van der Waals surface area contributed by atoms with E-state index in [1.807, 2.05) is 24.3 Å². The van der Waals surface area contributed by atoms with Crippen LogP contribution in [0.1, 0.15) is 12.8 Å². The SMILES string of the molecule is Cn1nc(NC(=O)[C@@H]2CC[C@@H]2C(=O)O)c2ccccc21. The number of benzene rings is 1. The highest BCUT2D eigenvalue weighted by atomic mass is 16.4. The molecule has 3 rings (SSSR count). The number of aromatic nitrogens is 2. The van der Waals surface area contributed by atoms with Gasteiger partial charge < -0.3 is 10.4 Å². The maximum Gasteiger partial charge on any atom is 0.307 e. The molecule has 1 aliphatic carbocycles. The Morgan fingerprint density at radius 3 is 2.65 bits per heavy atom. The molecule has 1 saturated carbocycles. The highest BCUT2D eigenvalue weighted by molar-refractivity contribution is 6.02. The van der Waals surface area contributed by atoms with Gasteiger partial charge >= 0.3 is 5.97 Å². The van der Waals surface area contributed by atoms with Gasteiger partial charge in [-0.1, -0.05) is 12.1 Å². The van der Waals surface area contributed by atoms with Crippen molar-refractivity contribution in [1.29, 1.82) is 0 Å². The van der Waals surface area contributed by atoms with Crippen LogP contribution in [-0.2, 0) is 16.6 Å². The van der Waals surface area contributed by atoms with E-state index in [1.165, 1.54) is 0 Å². The summed E-state index contributed by atoms with van der Waals surface area (Å²) in [6.07, 6.45) is 1.18. The molecular formula is C14H15N3O3. The van der Waals surface area contributed by atoms with E-state index in [-0.39, 0.29) is 5.91 Å². The fraction of sp³-hybridized carbons (Fsp3) is 0.357. The van der Waals surface area contributed by atoms with Gasteiger partial charge in [0.2, 0.25) is 5.91 Å². The summed E-state index contributed by atoms with van der Waals surface area (Å²) in [6, 6.07) is 7.58. The van der Waals surface area contributed by atoms with E-state index in [0.29, 0.717) is 18.7 Å². The molecule has 0 saturated heterocycles. The number of aryl methyl sites for hydroxylation is 1. The van der Waals surface area contributed by atoms with Crippen LogP contribution in [0.2, 0.25) is 0 Å². The molecule has 2 aromatic rings. The second-order valence-electron chi connectivity index (χ2n) is 5.11. The zero-order valence-electron chi connectivity index (χ0n) is 11.0. The molecule has 0 aliphatic heterocycles. The van der Waals surface area contributed by atoms with Crippen molar-refractivity contribution in [3.05, 3.63) is 24.3 Å². The van der Waals surface area contributed by atoms with E-state index >= 15 is 0 Å². The summed E-state index contributed by atoms with van der Waals surface area (Å²) >= 11 is 0. The van der Waals surface area contributed by atoms with Gasteiger partial charge in [-0.15, -0.1) is 0 Å². The third-order valence-electron chi connectivity index (χ3n) is 3.93. The van der Waals surface area contributed by atoms with Crippen molar-refractivity contribution in [2.24, 2.45) is 18.9 Å². The van der Waals surface area contributed by atoms with E-state index < -0.39 is 17.8 Å². The van der Waals surface area contributed by atoms with Crippen LogP contribution in [0.3, 0.4) is 0 Å². The normalized spacial score (nSPS) is 21.4. The summed E-state index contributed by atoms with van der Waals surface area (Å²) in [4.78, 5) is 23.1. The van der Waals surface area contributed by atoms with E-state index in [0.717, 1.165) is 10.9 Å². The molecule has 1 aromatic heterocycles. The van der Waals surface area contributed by atoms with Crippen LogP contribution in [0, 0.1) is 11.8 Å². The number of carbonyl (C=O) groups is 2. The van der Waals surface area contributed by atoms with Crippen molar-refractivity contribution in [3.8, 4) is 0 Å². The molecule has 1 fully saturated rings. The molecule has 6 heteroatoms. The molecule has 20 heavy (non-hydrogen) atoms. The number of nitrogens with zero attached hydrogens (tertiary/aromatic N) is 2. The van der Waals surface area contributed by atoms with E-state index in [2.05, 4.69) is 10.4 Å². The van der Waals surface area contributed by atoms with Crippen LogP contribution >= 0.6 is 0 Å². The number of nitrogens with one attached hydrogen (secondary N) is 1. The molecule has 0 bridgehead atoms. The second kappa shape index (κ2) is 4.63. The van der Waals surface area contributed by atoms with Crippen molar-refractivity contribution in [2.45, 2.75) is 12.8 Å². The van der Waals surface area contributed by atoms with Crippen molar-refractivity contribution >= 4 is 28.6 Å². The summed E-state index contributed by atoms with van der Waals surface area (Å²) in [7, 11) is 1.81. The van der Waals surface area contributed by atoms with Gasteiger partial charge in [0, 0.05) is 12.4 Å². The molecule has 1 aliphatic rings. The minimum absolute atomic E-state index is 0.257. The van der Waals surface area contributed by atoms with Gasteiger partial charge in [0.15, 0.2) is 5.82 Å². The summed E-state index contributed by atoms with van der Waals surface area (Å²) < 4.78 is 1.69. The molecule has 1 heterocycles. The number of rotatable bonds is 3. The molecule has 2 N–H and O–H groups in total. The van der Waals surface area contributed by atoms with E-state index in [1.54, 1.807) is 11.7 Å². The third-order valence-corrected chi connectivity index (χ3v) is 3.93. The van der Waals surface area contributed by atoms with Gasteiger partial charge in [-0.3, -0.25) is 14.3 Å². The smallest absolute Gasteiger partial charge is 0.307 e. The number of fused-ring (bicyclic) bond motifs is 1. The van der Waals surface area contributed by atoms with Gasteiger partial charge in [-0.2, -0.15) is 5.10 Å². The van der Waals surface area contributed by atoms with Gasteiger partial charge in [0.1, 0.15) is 0 Å². The van der Waals surface area contributed by atoms with Gasteiger partial charge in [0.25, 0.3) is 0 Å². The van der Waals surface area contributed by atoms with Gasteiger partial charge in [-0.05, 0) is 25.0 Å². The van der Waals surface area contributed by atoms with Crippen LogP contribution in [-0.4, -0.2) is 26.8 Å². The Hall–Kier alpha value is -2.37. The number of para-hydroxylation sites is 1. The molecule has 1 aromatic carbocycles. The number of aliphatic carboxylic acids is 1. The quantitative estimate of drug-likeness (QED) is 0.890. The Balaban J connectivity index is 1.83. The van der Waals surface area contributed by atoms with Crippen molar-refractivity contribution < 1.29 is 14.7 Å². The minimum atomic E-state index is -0.901. The maximum absolute atomic E-state index is 12.1. The molecule has 1 amide bonds. The van der Waals surface area contributed by atoms with E-state index in [4.69, 9.17) is 5.11 Å². The highest BCUT2D eigenvalue weighted by Gasteiger charge is 2.41. The van der Waals surface area contributed by atoms with Gasteiger partial charge in [-0.25, -0.2) is 0 Å². The van der Waals surface area contributed by atoms with Gasteiger partial charge in [0.05, 0.1) is 17.4 Å². The monoisotopic (exact) mass is 273 g/mol. The Kier molecular flexibility index (Phi) is 2.93. The van der Waals surface area contributed by atoms with Crippen LogP contribution in [0.15, 0.2) is 24.3 Å². The minimum Gasteiger partial charge on any atom is -0.481 e. The summed E-state index contributed by atoms with van der Waals surface area (Å²) in [5.41, 5.74) is 0.922. The zero-order chi connectivity index (χ0) is 14.3. The van der Waals surface area contributed by atoms with E-state index in [9.17, 15) is 9.59 Å². The Bertz CT molecular complexity index is 692. The average Bonchev–Trinajstić information content (AvgIpc) is 2.65. The molecule has 0 unspecified atom stereocenters. The lowest BCUT2D eigenvalue weighted by atomic mass is 9.73. The number of amides is 1. The maximum atomic E-state index is 12.1. The number of hydrogen-bond donors (Lipinski definition) is 2. The first-order chi connectivity index (χ1) is 9.58. The average molecular weight is 273 g/mol. The first-order valence-corrected chi connectivity index (χ1v) is 6.53. The topological polar surface area (TPSA) is 84.2 Å². The third kappa shape index (κ3) is 1.93. The lowest BCUT2D eigenvalue weighted by Gasteiger charge is -2.31. The standard InChI is InChI=1S/C14H15N3O3/c1-17-11-5-3-2-4-10(11)12(16-17)15-13(18)8-6-7-9(8)14(19)20/h2-5,8-9H,6-7H2,1H3,(H,19,20)(H,15,16,18)/t8-,9+/m1/s1. The van der Waals surface area contributed by atoms with Crippen LogP contribution < -0.4 is 5.32 Å². The highest BCUT2D eigenvalue weighted by Crippen LogP contribution is 2.35. The van der Waals surface area contributed by atoms with Crippen molar-refractivity contribution in [2.75, 3.05) is 5.32 Å². The summed E-state index contributed by atoms with van der Waals surface area (Å²) in [5, 5.41) is 16.9. The Morgan fingerprint density at radius 1 is 1.30 bits per heavy atom. The lowest BCUT2D eigenvalue weighted by molar-refractivity contribution is -0.151. The van der Waals surface area contributed by atoms with Crippen LogP contribution in [0.4, 0.5) is 5.82 Å². The molecule has 6 nitrogen and oxygen atoms in total. The second-order valence-corrected chi connectivity index (χ2v) is 5.11. The molecule has 0 radical (unpaired) electrons. The first-order valence-electron chi connectivity index (χ1n) is 6.53. The molecule has 0 spiro atoms. The fourth-order valence-electron chi connectivity index (χ4n) is 2.62. The first kappa shape index (κ1) is 12.7. The Labute approximate surface area is 115 Å².